The number of phenolic OH excluding ortho intramolecular Hbond substituents is 1. The number of rotatable bonds is 0. The third kappa shape index (κ3) is 1.01. The molecule has 2 atom stereocenters. The Morgan fingerprint density at radius 3 is 2.80 bits per heavy atom. The fourth-order valence-corrected chi connectivity index (χ4v) is 3.04. The van der Waals surface area contributed by atoms with Gasteiger partial charge < -0.3 is 5.11 Å². The van der Waals surface area contributed by atoms with Crippen molar-refractivity contribution in [2.45, 2.75) is 31.6 Å². The summed E-state index contributed by atoms with van der Waals surface area (Å²) < 4.78 is 26.5. The summed E-state index contributed by atoms with van der Waals surface area (Å²) in [5.74, 6) is -2.94. The molecule has 3 rings (SSSR count). The Kier molecular flexibility index (Phi) is 1.53. The fraction of sp³-hybridized carbons (Fsp3) is 0.500. The topological polar surface area (TPSA) is 20.2 Å². The molecule has 0 heterocycles. The van der Waals surface area contributed by atoms with E-state index in [-0.39, 0.29) is 18.1 Å². The summed E-state index contributed by atoms with van der Waals surface area (Å²) in [5, 5.41) is 9.64. The lowest BCUT2D eigenvalue weighted by atomic mass is 9.70. The zero-order chi connectivity index (χ0) is 10.8. The van der Waals surface area contributed by atoms with Crippen LogP contribution in [0.5, 0.6) is 5.75 Å². The summed E-state index contributed by atoms with van der Waals surface area (Å²) in [7, 11) is 0. The van der Waals surface area contributed by atoms with E-state index in [1.807, 2.05) is 13.0 Å². The number of aryl methyl sites for hydroxylation is 1. The van der Waals surface area contributed by atoms with E-state index in [1.54, 1.807) is 6.07 Å². The molecule has 0 aliphatic heterocycles. The summed E-state index contributed by atoms with van der Waals surface area (Å²) >= 11 is 0. The van der Waals surface area contributed by atoms with Gasteiger partial charge in [0.1, 0.15) is 5.75 Å². The van der Waals surface area contributed by atoms with Gasteiger partial charge in [0.25, 0.3) is 5.92 Å². The van der Waals surface area contributed by atoms with Crippen molar-refractivity contribution in [2.24, 2.45) is 5.92 Å². The zero-order valence-corrected chi connectivity index (χ0v) is 8.43. The Morgan fingerprint density at radius 2 is 2.13 bits per heavy atom. The van der Waals surface area contributed by atoms with Gasteiger partial charge in [-0.15, -0.1) is 0 Å². The lowest BCUT2D eigenvalue weighted by molar-refractivity contribution is -0.141. The standard InChI is InChI=1S/C12H12F2O/c1-6-2-3-10(15)7-4-9-8(11(6)7)5-12(9,13)14/h2-3,8-9,15H,4-5H2,1H3. The Bertz CT molecular complexity index is 439. The number of fused-ring (bicyclic) bond motifs is 3. The average Bonchev–Trinajstić information content (AvgIpc) is 2.49. The molecular formula is C12H12F2O. The second-order valence-electron chi connectivity index (χ2n) is 4.68. The predicted molar refractivity (Wildman–Crippen MR) is 52.3 cm³/mol. The van der Waals surface area contributed by atoms with Crippen LogP contribution in [0.1, 0.15) is 29.0 Å². The maximum atomic E-state index is 13.2. The van der Waals surface area contributed by atoms with Crippen molar-refractivity contribution in [1.82, 2.24) is 0 Å². The minimum absolute atomic E-state index is 0.0258. The van der Waals surface area contributed by atoms with Crippen LogP contribution in [0.15, 0.2) is 12.1 Å². The first-order chi connectivity index (χ1) is 7.00. The van der Waals surface area contributed by atoms with E-state index >= 15 is 0 Å². The molecule has 0 amide bonds. The molecule has 1 saturated carbocycles. The van der Waals surface area contributed by atoms with Crippen LogP contribution >= 0.6 is 0 Å². The van der Waals surface area contributed by atoms with Gasteiger partial charge in [0, 0.05) is 12.3 Å². The normalized spacial score (nSPS) is 30.6. The van der Waals surface area contributed by atoms with Crippen LogP contribution in [0.4, 0.5) is 8.78 Å². The van der Waals surface area contributed by atoms with Crippen molar-refractivity contribution in [3.05, 3.63) is 28.8 Å². The van der Waals surface area contributed by atoms with Crippen LogP contribution in [0, 0.1) is 12.8 Å². The molecule has 2 aliphatic carbocycles. The smallest absolute Gasteiger partial charge is 0.252 e. The number of aromatic hydroxyl groups is 1. The molecule has 1 nitrogen and oxygen atoms in total. The number of benzene rings is 1. The van der Waals surface area contributed by atoms with Gasteiger partial charge in [-0.3, -0.25) is 0 Å². The highest BCUT2D eigenvalue weighted by molar-refractivity contribution is 5.52. The molecule has 0 saturated heterocycles. The number of hydrogen-bond donors (Lipinski definition) is 1. The number of hydrogen-bond acceptors (Lipinski definition) is 1. The maximum absolute atomic E-state index is 13.2. The molecule has 0 radical (unpaired) electrons. The molecule has 80 valence electrons. The van der Waals surface area contributed by atoms with E-state index in [2.05, 4.69) is 0 Å². The van der Waals surface area contributed by atoms with Crippen LogP contribution in [0.25, 0.3) is 0 Å². The zero-order valence-electron chi connectivity index (χ0n) is 8.43. The highest BCUT2D eigenvalue weighted by Gasteiger charge is 2.60. The number of phenols is 1. The van der Waals surface area contributed by atoms with E-state index in [4.69, 9.17) is 0 Å². The predicted octanol–water partition coefficient (Wildman–Crippen LogP) is 3.00. The van der Waals surface area contributed by atoms with Crippen molar-refractivity contribution in [3.63, 3.8) is 0 Å². The Hall–Kier alpha value is -1.12. The van der Waals surface area contributed by atoms with E-state index in [0.717, 1.165) is 16.7 Å². The lowest BCUT2D eigenvalue weighted by Crippen LogP contribution is -2.43. The minimum atomic E-state index is -2.53. The maximum Gasteiger partial charge on any atom is 0.252 e. The SMILES string of the molecule is Cc1ccc(O)c2c1C1CC(F)(F)C1C2. The van der Waals surface area contributed by atoms with Crippen molar-refractivity contribution in [3.8, 4) is 5.75 Å². The first-order valence-electron chi connectivity index (χ1n) is 5.20. The van der Waals surface area contributed by atoms with Crippen LogP contribution in [-0.2, 0) is 6.42 Å². The van der Waals surface area contributed by atoms with Gasteiger partial charge in [-0.25, -0.2) is 8.78 Å². The van der Waals surface area contributed by atoms with Gasteiger partial charge in [0.15, 0.2) is 0 Å². The molecule has 0 spiro atoms. The van der Waals surface area contributed by atoms with Crippen LogP contribution < -0.4 is 0 Å². The molecule has 2 aliphatic rings. The van der Waals surface area contributed by atoms with E-state index in [1.165, 1.54) is 0 Å². The van der Waals surface area contributed by atoms with E-state index in [0.29, 0.717) is 6.42 Å². The monoisotopic (exact) mass is 210 g/mol. The van der Waals surface area contributed by atoms with Crippen molar-refractivity contribution in [1.29, 1.82) is 0 Å². The lowest BCUT2D eigenvalue weighted by Gasteiger charge is -2.40. The fourth-order valence-electron chi connectivity index (χ4n) is 3.04. The summed E-state index contributed by atoms with van der Waals surface area (Å²) in [5.41, 5.74) is 2.76. The van der Waals surface area contributed by atoms with E-state index < -0.39 is 11.8 Å². The Balaban J connectivity index is 2.11. The number of halogens is 2. The Labute approximate surface area is 86.7 Å². The van der Waals surface area contributed by atoms with Crippen LogP contribution in [0.3, 0.4) is 0 Å². The molecule has 1 aromatic rings. The molecule has 2 unspecified atom stereocenters. The summed E-state index contributed by atoms with van der Waals surface area (Å²) in [6.07, 6.45) is 0.287. The van der Waals surface area contributed by atoms with Gasteiger partial charge in [-0.1, -0.05) is 6.07 Å². The third-order valence-electron chi connectivity index (χ3n) is 3.87. The molecule has 1 aromatic carbocycles. The highest BCUT2D eigenvalue weighted by atomic mass is 19.3. The number of alkyl halides is 2. The summed E-state index contributed by atoms with van der Waals surface area (Å²) in [6, 6.07) is 3.42. The first-order valence-corrected chi connectivity index (χ1v) is 5.20. The third-order valence-corrected chi connectivity index (χ3v) is 3.87. The van der Waals surface area contributed by atoms with Gasteiger partial charge >= 0.3 is 0 Å². The highest BCUT2D eigenvalue weighted by Crippen LogP contribution is 2.61. The average molecular weight is 210 g/mol. The van der Waals surface area contributed by atoms with Gasteiger partial charge in [-0.05, 0) is 42.0 Å². The molecule has 1 N–H and O–H groups in total. The quantitative estimate of drug-likeness (QED) is 0.698. The minimum Gasteiger partial charge on any atom is -0.508 e. The van der Waals surface area contributed by atoms with E-state index in [9.17, 15) is 13.9 Å². The second kappa shape index (κ2) is 2.52. The Morgan fingerprint density at radius 1 is 1.40 bits per heavy atom. The van der Waals surface area contributed by atoms with Gasteiger partial charge in [0.2, 0.25) is 0 Å². The van der Waals surface area contributed by atoms with Crippen molar-refractivity contribution in [2.75, 3.05) is 0 Å². The van der Waals surface area contributed by atoms with Gasteiger partial charge in [0.05, 0.1) is 0 Å². The summed E-state index contributed by atoms with van der Waals surface area (Å²) in [6.45, 7) is 1.93. The van der Waals surface area contributed by atoms with Crippen molar-refractivity contribution < 1.29 is 13.9 Å². The molecule has 15 heavy (non-hydrogen) atoms. The van der Waals surface area contributed by atoms with Crippen molar-refractivity contribution >= 4 is 0 Å². The van der Waals surface area contributed by atoms with Crippen LogP contribution in [-0.4, -0.2) is 11.0 Å². The molecule has 0 aromatic heterocycles. The second-order valence-corrected chi connectivity index (χ2v) is 4.68. The summed E-state index contributed by atoms with van der Waals surface area (Å²) in [4.78, 5) is 0. The molecule has 1 fully saturated rings. The molecule has 3 heteroatoms. The van der Waals surface area contributed by atoms with Crippen LogP contribution in [0.2, 0.25) is 0 Å². The molecule has 0 bridgehead atoms. The van der Waals surface area contributed by atoms with Gasteiger partial charge in [-0.2, -0.15) is 0 Å². The molecular weight excluding hydrogens is 198 g/mol. The first kappa shape index (κ1) is 9.13. The largest absolute Gasteiger partial charge is 0.508 e.